The summed E-state index contributed by atoms with van der Waals surface area (Å²) in [5, 5.41) is 13.9. The standard InChI is InChI=1S/C17H21N5OS/c1-4-22-15(14-12-21(2)20-16(14)23-3)18-19-17(22)24-11-10-13-8-6-5-7-9-13/h5-9,12H,4,10-11H2,1-3H3. The molecule has 24 heavy (non-hydrogen) atoms. The smallest absolute Gasteiger partial charge is 0.243 e. The Labute approximate surface area is 145 Å². The van der Waals surface area contributed by atoms with Gasteiger partial charge in [-0.3, -0.25) is 4.68 Å². The number of ether oxygens (including phenoxy) is 1. The van der Waals surface area contributed by atoms with Gasteiger partial charge in [-0.2, -0.15) is 0 Å². The minimum Gasteiger partial charge on any atom is -0.479 e. The Morgan fingerprint density at radius 3 is 2.67 bits per heavy atom. The summed E-state index contributed by atoms with van der Waals surface area (Å²) in [4.78, 5) is 0. The normalized spacial score (nSPS) is 11.0. The number of methoxy groups -OCH3 is 1. The number of aryl methyl sites for hydroxylation is 2. The fourth-order valence-corrected chi connectivity index (χ4v) is 3.55. The van der Waals surface area contributed by atoms with E-state index in [2.05, 4.69) is 51.1 Å². The SMILES string of the molecule is CCn1c(SCCc2ccccc2)nnc1-c1cn(C)nc1OC. The van der Waals surface area contributed by atoms with Gasteiger partial charge in [0.05, 0.1) is 7.11 Å². The van der Waals surface area contributed by atoms with Crippen molar-refractivity contribution in [2.24, 2.45) is 7.05 Å². The van der Waals surface area contributed by atoms with E-state index in [9.17, 15) is 0 Å². The van der Waals surface area contributed by atoms with Crippen molar-refractivity contribution < 1.29 is 4.74 Å². The van der Waals surface area contributed by atoms with E-state index in [1.165, 1.54) is 5.56 Å². The summed E-state index contributed by atoms with van der Waals surface area (Å²) in [6, 6.07) is 10.5. The molecule has 0 atom stereocenters. The summed E-state index contributed by atoms with van der Waals surface area (Å²) in [5.41, 5.74) is 2.20. The zero-order valence-corrected chi connectivity index (χ0v) is 15.0. The zero-order valence-electron chi connectivity index (χ0n) is 14.1. The van der Waals surface area contributed by atoms with Crippen molar-refractivity contribution in [2.75, 3.05) is 12.9 Å². The van der Waals surface area contributed by atoms with Crippen LogP contribution in [0.15, 0.2) is 41.7 Å². The molecule has 0 aliphatic rings. The molecule has 0 aliphatic carbocycles. The average molecular weight is 343 g/mol. The average Bonchev–Trinajstić information content (AvgIpc) is 3.18. The van der Waals surface area contributed by atoms with Crippen LogP contribution in [0.4, 0.5) is 0 Å². The van der Waals surface area contributed by atoms with Crippen LogP contribution in [-0.4, -0.2) is 37.4 Å². The molecule has 0 aliphatic heterocycles. The number of benzene rings is 1. The highest BCUT2D eigenvalue weighted by Gasteiger charge is 2.19. The van der Waals surface area contributed by atoms with E-state index >= 15 is 0 Å². The molecule has 0 amide bonds. The van der Waals surface area contributed by atoms with Crippen molar-refractivity contribution >= 4 is 11.8 Å². The Kier molecular flexibility index (Phi) is 5.20. The van der Waals surface area contributed by atoms with Gasteiger partial charge in [0.15, 0.2) is 11.0 Å². The Hall–Kier alpha value is -2.28. The van der Waals surface area contributed by atoms with Crippen LogP contribution >= 0.6 is 11.8 Å². The maximum absolute atomic E-state index is 5.35. The Bertz CT molecular complexity index is 797. The first-order valence-corrected chi connectivity index (χ1v) is 8.89. The minimum absolute atomic E-state index is 0.570. The molecule has 0 spiro atoms. The lowest BCUT2D eigenvalue weighted by Gasteiger charge is -2.07. The first kappa shape index (κ1) is 16.6. The van der Waals surface area contributed by atoms with Gasteiger partial charge in [-0.15, -0.1) is 15.3 Å². The van der Waals surface area contributed by atoms with Gasteiger partial charge in [0, 0.05) is 25.5 Å². The lowest BCUT2D eigenvalue weighted by molar-refractivity contribution is 0.393. The third-order valence-corrected chi connectivity index (χ3v) is 4.70. The lowest BCUT2D eigenvalue weighted by Crippen LogP contribution is -2.01. The van der Waals surface area contributed by atoms with E-state index in [-0.39, 0.29) is 0 Å². The van der Waals surface area contributed by atoms with Gasteiger partial charge >= 0.3 is 0 Å². The summed E-state index contributed by atoms with van der Waals surface area (Å²) < 4.78 is 9.18. The van der Waals surface area contributed by atoms with Gasteiger partial charge in [0.25, 0.3) is 0 Å². The van der Waals surface area contributed by atoms with Crippen LogP contribution in [-0.2, 0) is 20.0 Å². The van der Waals surface area contributed by atoms with Crippen molar-refractivity contribution in [2.45, 2.75) is 25.0 Å². The molecule has 0 N–H and O–H groups in total. The highest BCUT2D eigenvalue weighted by Crippen LogP contribution is 2.30. The number of hydrogen-bond donors (Lipinski definition) is 0. The van der Waals surface area contributed by atoms with Gasteiger partial charge in [-0.05, 0) is 18.9 Å². The Morgan fingerprint density at radius 1 is 1.17 bits per heavy atom. The Balaban J connectivity index is 1.77. The van der Waals surface area contributed by atoms with E-state index < -0.39 is 0 Å². The van der Waals surface area contributed by atoms with E-state index in [0.717, 1.165) is 35.3 Å². The molecule has 2 heterocycles. The maximum Gasteiger partial charge on any atom is 0.243 e. The Morgan fingerprint density at radius 2 is 1.96 bits per heavy atom. The molecule has 126 valence electrons. The number of aromatic nitrogens is 5. The van der Waals surface area contributed by atoms with Crippen LogP contribution in [0.5, 0.6) is 5.88 Å². The van der Waals surface area contributed by atoms with Crippen molar-refractivity contribution in [1.82, 2.24) is 24.5 Å². The van der Waals surface area contributed by atoms with E-state index in [0.29, 0.717) is 5.88 Å². The second kappa shape index (κ2) is 7.53. The first-order valence-electron chi connectivity index (χ1n) is 7.90. The van der Waals surface area contributed by atoms with Gasteiger partial charge in [0.1, 0.15) is 5.56 Å². The molecule has 0 bridgehead atoms. The molecule has 0 unspecified atom stereocenters. The van der Waals surface area contributed by atoms with Crippen molar-refractivity contribution in [3.05, 3.63) is 42.1 Å². The highest BCUT2D eigenvalue weighted by atomic mass is 32.2. The van der Waals surface area contributed by atoms with Crippen molar-refractivity contribution in [1.29, 1.82) is 0 Å². The topological polar surface area (TPSA) is 57.8 Å². The summed E-state index contributed by atoms with van der Waals surface area (Å²) in [7, 11) is 3.49. The molecular weight excluding hydrogens is 322 g/mol. The van der Waals surface area contributed by atoms with Crippen LogP contribution in [0.2, 0.25) is 0 Å². The molecule has 0 saturated carbocycles. The lowest BCUT2D eigenvalue weighted by atomic mass is 10.2. The molecule has 0 radical (unpaired) electrons. The minimum atomic E-state index is 0.570. The van der Waals surface area contributed by atoms with E-state index in [4.69, 9.17) is 4.74 Å². The summed E-state index contributed by atoms with van der Waals surface area (Å²) in [6.07, 6.45) is 2.92. The fraction of sp³-hybridized carbons (Fsp3) is 0.353. The summed E-state index contributed by atoms with van der Waals surface area (Å²) >= 11 is 1.72. The first-order chi connectivity index (χ1) is 11.7. The summed E-state index contributed by atoms with van der Waals surface area (Å²) in [6.45, 7) is 2.89. The molecule has 2 aromatic heterocycles. The third-order valence-electron chi connectivity index (χ3n) is 3.73. The van der Waals surface area contributed by atoms with Crippen LogP contribution in [0.1, 0.15) is 12.5 Å². The highest BCUT2D eigenvalue weighted by molar-refractivity contribution is 7.99. The number of rotatable bonds is 7. The van der Waals surface area contributed by atoms with Crippen LogP contribution in [0.3, 0.4) is 0 Å². The van der Waals surface area contributed by atoms with Crippen molar-refractivity contribution in [3.63, 3.8) is 0 Å². The van der Waals surface area contributed by atoms with Gasteiger partial charge in [-0.25, -0.2) is 0 Å². The van der Waals surface area contributed by atoms with E-state index in [1.807, 2.05) is 19.3 Å². The van der Waals surface area contributed by atoms with Crippen LogP contribution in [0.25, 0.3) is 11.4 Å². The fourth-order valence-electron chi connectivity index (χ4n) is 2.56. The molecule has 6 nitrogen and oxygen atoms in total. The predicted octanol–water partition coefficient (Wildman–Crippen LogP) is 3.04. The largest absolute Gasteiger partial charge is 0.479 e. The second-order valence-corrected chi connectivity index (χ2v) is 6.42. The quantitative estimate of drug-likeness (QED) is 0.617. The van der Waals surface area contributed by atoms with Crippen molar-refractivity contribution in [3.8, 4) is 17.3 Å². The molecule has 3 aromatic rings. The second-order valence-electron chi connectivity index (χ2n) is 5.36. The predicted molar refractivity (Wildman–Crippen MR) is 95.3 cm³/mol. The summed E-state index contributed by atoms with van der Waals surface area (Å²) in [5.74, 6) is 2.33. The maximum atomic E-state index is 5.35. The van der Waals surface area contributed by atoms with Crippen LogP contribution < -0.4 is 4.74 Å². The molecule has 3 rings (SSSR count). The van der Waals surface area contributed by atoms with Gasteiger partial charge in [0.2, 0.25) is 5.88 Å². The molecular formula is C17H21N5OS. The molecule has 0 saturated heterocycles. The van der Waals surface area contributed by atoms with Gasteiger partial charge < -0.3 is 9.30 Å². The van der Waals surface area contributed by atoms with Gasteiger partial charge in [-0.1, -0.05) is 42.1 Å². The third kappa shape index (κ3) is 3.46. The molecule has 1 aromatic carbocycles. The van der Waals surface area contributed by atoms with E-state index in [1.54, 1.807) is 23.6 Å². The number of hydrogen-bond acceptors (Lipinski definition) is 5. The molecule has 7 heteroatoms. The molecule has 0 fully saturated rings. The zero-order chi connectivity index (χ0) is 16.9. The van der Waals surface area contributed by atoms with Crippen LogP contribution in [0, 0.1) is 0 Å². The number of nitrogens with zero attached hydrogens (tertiary/aromatic N) is 5. The monoisotopic (exact) mass is 343 g/mol. The number of thioether (sulfide) groups is 1.